The van der Waals surface area contributed by atoms with E-state index in [1.165, 1.54) is 0 Å². The van der Waals surface area contributed by atoms with E-state index < -0.39 is 0 Å². The molecule has 1 aromatic carbocycles. The minimum absolute atomic E-state index is 0.559. The molecule has 4 nitrogen and oxygen atoms in total. The third-order valence-corrected chi connectivity index (χ3v) is 2.72. The summed E-state index contributed by atoms with van der Waals surface area (Å²) >= 11 is 5.81. The van der Waals surface area contributed by atoms with E-state index in [1.807, 2.05) is 6.92 Å². The molecule has 0 saturated heterocycles. The van der Waals surface area contributed by atoms with Crippen molar-refractivity contribution in [3.8, 4) is 11.6 Å². The van der Waals surface area contributed by atoms with Gasteiger partial charge in [0.1, 0.15) is 11.4 Å². The largest absolute Gasteiger partial charge is 0.437 e. The molecule has 2 aromatic rings. The van der Waals surface area contributed by atoms with Crippen LogP contribution in [0.1, 0.15) is 12.6 Å². The average molecular weight is 252 g/mol. The molecule has 0 saturated carbocycles. The maximum atomic E-state index is 5.96. The predicted molar refractivity (Wildman–Crippen MR) is 68.5 cm³/mol. The van der Waals surface area contributed by atoms with E-state index in [0.29, 0.717) is 22.3 Å². The van der Waals surface area contributed by atoms with E-state index in [9.17, 15) is 0 Å². The SMILES string of the molecule is CCc1nn(C)c(Oc2ccc(Cl)cc2)c1N. The molecule has 0 aliphatic rings. The molecule has 2 rings (SSSR count). The van der Waals surface area contributed by atoms with Crippen LogP contribution in [0.5, 0.6) is 11.6 Å². The molecule has 0 bridgehead atoms. The van der Waals surface area contributed by atoms with Crippen molar-refractivity contribution >= 4 is 17.3 Å². The summed E-state index contributed by atoms with van der Waals surface area (Å²) < 4.78 is 7.34. The Bertz CT molecular complexity index is 519. The van der Waals surface area contributed by atoms with Crippen LogP contribution in [0.25, 0.3) is 0 Å². The highest BCUT2D eigenvalue weighted by Crippen LogP contribution is 2.30. The summed E-state index contributed by atoms with van der Waals surface area (Å²) in [5.41, 5.74) is 7.39. The topological polar surface area (TPSA) is 53.1 Å². The number of rotatable bonds is 3. The smallest absolute Gasteiger partial charge is 0.241 e. The van der Waals surface area contributed by atoms with Gasteiger partial charge in [0.2, 0.25) is 5.88 Å². The van der Waals surface area contributed by atoms with Crippen molar-refractivity contribution in [1.82, 2.24) is 9.78 Å². The zero-order chi connectivity index (χ0) is 12.4. The molecule has 0 aliphatic heterocycles. The van der Waals surface area contributed by atoms with Crippen molar-refractivity contribution in [1.29, 1.82) is 0 Å². The maximum absolute atomic E-state index is 5.96. The lowest BCUT2D eigenvalue weighted by Gasteiger charge is -2.06. The highest BCUT2D eigenvalue weighted by Gasteiger charge is 2.13. The van der Waals surface area contributed by atoms with Gasteiger partial charge in [-0.1, -0.05) is 18.5 Å². The summed E-state index contributed by atoms with van der Waals surface area (Å²) in [7, 11) is 1.81. The lowest BCUT2D eigenvalue weighted by molar-refractivity contribution is 0.432. The standard InChI is InChI=1S/C12H14ClN3O/c1-3-10-11(14)12(16(2)15-10)17-9-6-4-8(13)5-7-9/h4-7H,3,14H2,1-2H3. The van der Waals surface area contributed by atoms with Crippen LogP contribution in [0.4, 0.5) is 5.69 Å². The molecule has 0 unspecified atom stereocenters. The molecule has 0 radical (unpaired) electrons. The summed E-state index contributed by atoms with van der Waals surface area (Å²) in [5.74, 6) is 1.25. The molecule has 0 aliphatic carbocycles. The van der Waals surface area contributed by atoms with Gasteiger partial charge < -0.3 is 10.5 Å². The van der Waals surface area contributed by atoms with Gasteiger partial charge in [-0.15, -0.1) is 0 Å². The van der Waals surface area contributed by atoms with E-state index in [1.54, 1.807) is 36.0 Å². The summed E-state index contributed by atoms with van der Waals surface area (Å²) in [5, 5.41) is 4.95. The van der Waals surface area contributed by atoms with Gasteiger partial charge in [0.25, 0.3) is 0 Å². The third kappa shape index (κ3) is 2.36. The van der Waals surface area contributed by atoms with E-state index in [-0.39, 0.29) is 0 Å². The normalized spacial score (nSPS) is 10.5. The summed E-state index contributed by atoms with van der Waals surface area (Å²) in [6.07, 6.45) is 0.781. The van der Waals surface area contributed by atoms with Gasteiger partial charge in [0.15, 0.2) is 0 Å². The Labute approximate surface area is 105 Å². The Morgan fingerprint density at radius 1 is 1.35 bits per heavy atom. The summed E-state index contributed by atoms with van der Waals surface area (Å²) in [6.45, 7) is 2.00. The van der Waals surface area contributed by atoms with Gasteiger partial charge in [-0.25, -0.2) is 4.68 Å². The van der Waals surface area contributed by atoms with Crippen molar-refractivity contribution in [3.05, 3.63) is 35.0 Å². The maximum Gasteiger partial charge on any atom is 0.241 e. The van der Waals surface area contributed by atoms with Crippen molar-refractivity contribution in [2.45, 2.75) is 13.3 Å². The number of aryl methyl sites for hydroxylation is 2. The molecule has 0 spiro atoms. The molecule has 0 atom stereocenters. The average Bonchev–Trinajstić information content (AvgIpc) is 2.59. The number of nitrogen functional groups attached to an aromatic ring is 1. The highest BCUT2D eigenvalue weighted by molar-refractivity contribution is 6.30. The van der Waals surface area contributed by atoms with Crippen molar-refractivity contribution < 1.29 is 4.74 Å². The number of ether oxygens (including phenoxy) is 1. The molecule has 1 heterocycles. The van der Waals surface area contributed by atoms with Gasteiger partial charge in [0, 0.05) is 12.1 Å². The minimum Gasteiger partial charge on any atom is -0.437 e. The Kier molecular flexibility index (Phi) is 3.24. The van der Waals surface area contributed by atoms with Crippen LogP contribution in [0.2, 0.25) is 5.02 Å². The Morgan fingerprint density at radius 3 is 2.53 bits per heavy atom. The first-order chi connectivity index (χ1) is 8.11. The number of nitrogens with two attached hydrogens (primary N) is 1. The van der Waals surface area contributed by atoms with Crippen LogP contribution >= 0.6 is 11.6 Å². The van der Waals surface area contributed by atoms with Crippen molar-refractivity contribution in [2.24, 2.45) is 7.05 Å². The van der Waals surface area contributed by atoms with E-state index in [4.69, 9.17) is 22.1 Å². The first kappa shape index (κ1) is 11.8. The fourth-order valence-electron chi connectivity index (χ4n) is 1.57. The van der Waals surface area contributed by atoms with Crippen LogP contribution in [-0.4, -0.2) is 9.78 Å². The lowest BCUT2D eigenvalue weighted by atomic mass is 10.3. The van der Waals surface area contributed by atoms with E-state index >= 15 is 0 Å². The fraction of sp³-hybridized carbons (Fsp3) is 0.250. The second-order valence-corrected chi connectivity index (χ2v) is 4.14. The zero-order valence-electron chi connectivity index (χ0n) is 9.77. The minimum atomic E-state index is 0.559. The number of aromatic nitrogens is 2. The van der Waals surface area contributed by atoms with E-state index in [0.717, 1.165) is 12.1 Å². The summed E-state index contributed by atoms with van der Waals surface area (Å²) in [6, 6.07) is 7.12. The number of nitrogens with zero attached hydrogens (tertiary/aromatic N) is 2. The molecule has 2 N–H and O–H groups in total. The van der Waals surface area contributed by atoms with Crippen LogP contribution < -0.4 is 10.5 Å². The van der Waals surface area contributed by atoms with Gasteiger partial charge >= 0.3 is 0 Å². The molecule has 17 heavy (non-hydrogen) atoms. The number of halogens is 1. The Morgan fingerprint density at radius 2 is 2.00 bits per heavy atom. The van der Waals surface area contributed by atoms with Gasteiger partial charge in [-0.3, -0.25) is 0 Å². The fourth-order valence-corrected chi connectivity index (χ4v) is 1.70. The first-order valence-corrected chi connectivity index (χ1v) is 5.74. The third-order valence-electron chi connectivity index (χ3n) is 2.47. The molecular formula is C12H14ClN3O. The molecule has 0 amide bonds. The highest BCUT2D eigenvalue weighted by atomic mass is 35.5. The van der Waals surface area contributed by atoms with Gasteiger partial charge in [-0.2, -0.15) is 5.10 Å². The second-order valence-electron chi connectivity index (χ2n) is 3.70. The van der Waals surface area contributed by atoms with Crippen molar-refractivity contribution in [2.75, 3.05) is 5.73 Å². The Hall–Kier alpha value is -1.68. The molecule has 1 aromatic heterocycles. The second kappa shape index (κ2) is 4.67. The number of anilines is 1. The van der Waals surface area contributed by atoms with Crippen LogP contribution in [0, 0.1) is 0 Å². The molecule has 0 fully saturated rings. The van der Waals surface area contributed by atoms with E-state index in [2.05, 4.69) is 5.10 Å². The molecule has 90 valence electrons. The van der Waals surface area contributed by atoms with Gasteiger partial charge in [0.05, 0.1) is 5.69 Å². The lowest BCUT2D eigenvalue weighted by Crippen LogP contribution is -1.96. The monoisotopic (exact) mass is 251 g/mol. The predicted octanol–water partition coefficient (Wildman–Crippen LogP) is 3.01. The first-order valence-electron chi connectivity index (χ1n) is 5.36. The Balaban J connectivity index is 2.29. The molecular weight excluding hydrogens is 238 g/mol. The van der Waals surface area contributed by atoms with Crippen molar-refractivity contribution in [3.63, 3.8) is 0 Å². The number of hydrogen-bond acceptors (Lipinski definition) is 3. The quantitative estimate of drug-likeness (QED) is 0.912. The van der Waals surface area contributed by atoms with Crippen LogP contribution in [0.3, 0.4) is 0 Å². The summed E-state index contributed by atoms with van der Waals surface area (Å²) in [4.78, 5) is 0. The van der Waals surface area contributed by atoms with Crippen LogP contribution in [-0.2, 0) is 13.5 Å². The number of hydrogen-bond donors (Lipinski definition) is 1. The number of benzene rings is 1. The van der Waals surface area contributed by atoms with Crippen LogP contribution in [0.15, 0.2) is 24.3 Å². The molecule has 5 heteroatoms. The zero-order valence-corrected chi connectivity index (χ0v) is 10.5. The van der Waals surface area contributed by atoms with Gasteiger partial charge in [-0.05, 0) is 30.7 Å².